The second kappa shape index (κ2) is 9.92. The first-order valence-electron chi connectivity index (χ1n) is 13.4. The number of hydrogen-bond acceptors (Lipinski definition) is 5. The molecule has 1 spiro atoms. The topological polar surface area (TPSA) is 56.1 Å². The Morgan fingerprint density at radius 2 is 1.82 bits per heavy atom. The summed E-state index contributed by atoms with van der Waals surface area (Å²) in [5.41, 5.74) is 1.39. The van der Waals surface area contributed by atoms with Crippen LogP contribution in [0.5, 0.6) is 0 Å². The summed E-state index contributed by atoms with van der Waals surface area (Å²) >= 11 is 0. The molecular formula is C28H30F5N5O. The normalized spacial score (nSPS) is 27.7. The number of nitrogens with zero attached hydrogens (tertiary/aromatic N) is 5. The molecule has 0 N–H and O–H groups in total. The van der Waals surface area contributed by atoms with Gasteiger partial charge in [-0.1, -0.05) is 12.1 Å². The summed E-state index contributed by atoms with van der Waals surface area (Å²) in [7, 11) is 0. The second-order valence-corrected chi connectivity index (χ2v) is 11.2. The van der Waals surface area contributed by atoms with Crippen LogP contribution in [0.3, 0.4) is 0 Å². The first-order chi connectivity index (χ1) is 18.6. The van der Waals surface area contributed by atoms with Gasteiger partial charge in [-0.3, -0.25) is 0 Å². The van der Waals surface area contributed by atoms with Crippen LogP contribution in [0.1, 0.15) is 66.5 Å². The zero-order valence-corrected chi connectivity index (χ0v) is 21.6. The van der Waals surface area contributed by atoms with E-state index in [9.17, 15) is 17.6 Å². The zero-order chi connectivity index (χ0) is 27.4. The molecule has 6 rings (SSSR count). The fourth-order valence-electron chi connectivity index (χ4n) is 7.08. The molecule has 3 heterocycles. The molecule has 4 unspecified atom stereocenters. The number of hydrogen-bond donors (Lipinski definition) is 0. The molecule has 1 saturated carbocycles. The van der Waals surface area contributed by atoms with E-state index in [1.54, 1.807) is 13.0 Å². The van der Waals surface area contributed by atoms with Gasteiger partial charge in [-0.2, -0.15) is 17.9 Å². The molecule has 3 aliphatic rings. The molecule has 3 fully saturated rings. The Bertz CT molecular complexity index is 1340. The smallest absolute Gasteiger partial charge is 0.374 e. The predicted molar refractivity (Wildman–Crippen MR) is 132 cm³/mol. The van der Waals surface area contributed by atoms with Gasteiger partial charge < -0.3 is 9.64 Å². The van der Waals surface area contributed by atoms with Crippen LogP contribution in [0.15, 0.2) is 36.4 Å². The van der Waals surface area contributed by atoms with Gasteiger partial charge in [0.1, 0.15) is 11.6 Å². The van der Waals surface area contributed by atoms with E-state index in [0.717, 1.165) is 44.1 Å². The number of alkyl halides is 3. The van der Waals surface area contributed by atoms with Crippen molar-refractivity contribution in [2.45, 2.75) is 62.6 Å². The Balaban J connectivity index is 1.33. The summed E-state index contributed by atoms with van der Waals surface area (Å²) in [6.45, 7) is 5.04. The molecule has 39 heavy (non-hydrogen) atoms. The van der Waals surface area contributed by atoms with Crippen molar-refractivity contribution in [3.8, 4) is 5.69 Å². The molecule has 11 heteroatoms. The lowest BCUT2D eigenvalue weighted by atomic mass is 9.76. The first-order valence-corrected chi connectivity index (χ1v) is 13.4. The van der Waals surface area contributed by atoms with Crippen molar-refractivity contribution in [2.24, 2.45) is 5.92 Å². The van der Waals surface area contributed by atoms with E-state index in [0.29, 0.717) is 34.8 Å². The fourth-order valence-corrected chi connectivity index (χ4v) is 7.08. The highest BCUT2D eigenvalue weighted by Crippen LogP contribution is 2.57. The van der Waals surface area contributed by atoms with Crippen LogP contribution in [0.4, 0.5) is 22.0 Å². The van der Waals surface area contributed by atoms with Gasteiger partial charge in [-0.05, 0) is 109 Å². The molecule has 4 atom stereocenters. The second-order valence-electron chi connectivity index (χ2n) is 11.2. The average molecular weight is 548 g/mol. The quantitative estimate of drug-likeness (QED) is 0.378. The number of aromatic nitrogens is 4. The van der Waals surface area contributed by atoms with Crippen LogP contribution >= 0.6 is 0 Å². The minimum atomic E-state index is -4.79. The van der Waals surface area contributed by atoms with Crippen LogP contribution in [0.2, 0.25) is 0 Å². The van der Waals surface area contributed by atoms with Crippen LogP contribution in [-0.4, -0.2) is 56.9 Å². The number of benzene rings is 2. The van der Waals surface area contributed by atoms with Crippen LogP contribution in [-0.2, 0) is 10.9 Å². The highest BCUT2D eigenvalue weighted by molar-refractivity contribution is 5.44. The molecule has 3 aromatic rings. The van der Waals surface area contributed by atoms with Gasteiger partial charge in [0.15, 0.2) is 0 Å². The summed E-state index contributed by atoms with van der Waals surface area (Å²) in [4.78, 5) is 2.49. The lowest BCUT2D eigenvalue weighted by molar-refractivity contribution is -0.146. The lowest BCUT2D eigenvalue weighted by Crippen LogP contribution is -2.36. The van der Waals surface area contributed by atoms with Crippen molar-refractivity contribution in [3.63, 3.8) is 0 Å². The van der Waals surface area contributed by atoms with E-state index in [1.807, 2.05) is 12.1 Å². The van der Waals surface area contributed by atoms with Crippen molar-refractivity contribution in [1.29, 1.82) is 0 Å². The van der Waals surface area contributed by atoms with E-state index in [-0.39, 0.29) is 23.3 Å². The third kappa shape index (κ3) is 4.84. The molecule has 6 nitrogen and oxygen atoms in total. The van der Waals surface area contributed by atoms with E-state index < -0.39 is 23.4 Å². The SMILES string of the molecule is Cc1c(F)cc(-n2nnnc2C(F)(F)F)cc1C1COC2(CCC(CN3CCCC3)C2c2ccc(F)cc2)C1. The van der Waals surface area contributed by atoms with Gasteiger partial charge >= 0.3 is 6.18 Å². The summed E-state index contributed by atoms with van der Waals surface area (Å²) in [6.07, 6.45) is -0.0415. The van der Waals surface area contributed by atoms with Crippen molar-refractivity contribution in [3.05, 3.63) is 70.5 Å². The minimum absolute atomic E-state index is 0.0355. The number of halogens is 5. The third-order valence-electron chi connectivity index (χ3n) is 8.84. The molecule has 0 radical (unpaired) electrons. The average Bonchev–Trinajstić information content (AvgIpc) is 3.70. The van der Waals surface area contributed by atoms with Gasteiger partial charge in [0.25, 0.3) is 5.82 Å². The van der Waals surface area contributed by atoms with Gasteiger partial charge in [-0.15, -0.1) is 5.10 Å². The van der Waals surface area contributed by atoms with Crippen LogP contribution in [0, 0.1) is 24.5 Å². The van der Waals surface area contributed by atoms with Gasteiger partial charge in [-0.25, -0.2) is 8.78 Å². The summed E-state index contributed by atoms with van der Waals surface area (Å²) < 4.78 is 76.4. The molecule has 2 aromatic carbocycles. The van der Waals surface area contributed by atoms with E-state index in [4.69, 9.17) is 4.74 Å². The monoisotopic (exact) mass is 547 g/mol. The molecule has 0 amide bonds. The number of likely N-dealkylation sites (tertiary alicyclic amines) is 1. The molecule has 1 aromatic heterocycles. The maximum atomic E-state index is 15.1. The van der Waals surface area contributed by atoms with Crippen molar-refractivity contribution in [1.82, 2.24) is 25.1 Å². The third-order valence-corrected chi connectivity index (χ3v) is 8.84. The Kier molecular flexibility index (Phi) is 6.69. The van der Waals surface area contributed by atoms with E-state index in [2.05, 4.69) is 20.4 Å². The zero-order valence-electron chi connectivity index (χ0n) is 21.6. The Labute approximate surface area is 223 Å². The van der Waals surface area contributed by atoms with E-state index in [1.165, 1.54) is 25.0 Å². The van der Waals surface area contributed by atoms with Crippen LogP contribution < -0.4 is 0 Å². The Hall–Kier alpha value is -2.92. The van der Waals surface area contributed by atoms with Crippen molar-refractivity contribution < 1.29 is 26.7 Å². The molecule has 2 saturated heterocycles. The van der Waals surface area contributed by atoms with Gasteiger partial charge in [0, 0.05) is 18.4 Å². The summed E-state index contributed by atoms with van der Waals surface area (Å²) in [6, 6.07) is 9.20. The maximum Gasteiger partial charge on any atom is 0.453 e. The number of tetrazole rings is 1. The maximum absolute atomic E-state index is 15.1. The molecule has 0 bridgehead atoms. The van der Waals surface area contributed by atoms with Crippen LogP contribution in [0.25, 0.3) is 5.69 Å². The Morgan fingerprint density at radius 1 is 1.08 bits per heavy atom. The highest BCUT2D eigenvalue weighted by Gasteiger charge is 2.54. The molecule has 2 aliphatic heterocycles. The summed E-state index contributed by atoms with van der Waals surface area (Å²) in [5, 5.41) is 9.75. The standard InChI is InChI=1S/C28H30F5N5O/c1-17-23(12-22(13-24(17)30)38-26(28(31,32)33)34-35-36-38)20-14-27(39-16-20)9-8-19(15-37-10-2-3-11-37)25(27)18-4-6-21(29)7-5-18/h4-7,12-13,19-20,25H,2-3,8-11,14-16H2,1H3. The Morgan fingerprint density at radius 3 is 2.54 bits per heavy atom. The summed E-state index contributed by atoms with van der Waals surface area (Å²) in [5.74, 6) is -2.09. The van der Waals surface area contributed by atoms with Crippen molar-refractivity contribution in [2.75, 3.05) is 26.2 Å². The largest absolute Gasteiger partial charge is 0.453 e. The minimum Gasteiger partial charge on any atom is -0.374 e. The lowest BCUT2D eigenvalue weighted by Gasteiger charge is -2.35. The van der Waals surface area contributed by atoms with Crippen molar-refractivity contribution >= 4 is 0 Å². The number of rotatable bonds is 5. The fraction of sp³-hybridized carbons (Fsp3) is 0.536. The number of ether oxygens (including phenoxy) is 1. The van der Waals surface area contributed by atoms with Gasteiger partial charge in [0.2, 0.25) is 0 Å². The van der Waals surface area contributed by atoms with E-state index >= 15 is 4.39 Å². The predicted octanol–water partition coefficient (Wildman–Crippen LogP) is 5.80. The molecular weight excluding hydrogens is 517 g/mol. The van der Waals surface area contributed by atoms with Gasteiger partial charge in [0.05, 0.1) is 17.9 Å². The first kappa shape index (κ1) is 26.3. The highest BCUT2D eigenvalue weighted by atomic mass is 19.4. The molecule has 208 valence electrons. The molecule has 1 aliphatic carbocycles.